The fraction of sp³-hybridized carbons (Fsp3) is 0.867. The molecule has 1 amide bonds. The van der Waals surface area contributed by atoms with Gasteiger partial charge in [-0.15, -0.1) is 0 Å². The second-order valence-corrected chi connectivity index (χ2v) is 6.20. The Morgan fingerprint density at radius 2 is 1.85 bits per heavy atom. The first-order valence-electron chi connectivity index (χ1n) is 7.83. The lowest BCUT2D eigenvalue weighted by molar-refractivity contribution is -0.143. The van der Waals surface area contributed by atoms with Crippen molar-refractivity contribution in [1.82, 2.24) is 10.2 Å². The smallest absolute Gasteiger partial charge is 0.306 e. The predicted molar refractivity (Wildman–Crippen MR) is 76.4 cm³/mol. The van der Waals surface area contributed by atoms with Crippen molar-refractivity contribution < 1.29 is 14.7 Å². The zero-order chi connectivity index (χ0) is 14.5. The standard InChI is InChI=1S/C15H26N2O3/c1-11-4-2-3-9-17(11)14(18)10-16-13-7-5-12(6-8-13)15(19)20/h11-13,16H,2-10H2,1H3,(H,19,20). The summed E-state index contributed by atoms with van der Waals surface area (Å²) in [4.78, 5) is 25.1. The molecule has 1 unspecified atom stereocenters. The lowest BCUT2D eigenvalue weighted by atomic mass is 9.86. The number of carboxylic acids is 1. The van der Waals surface area contributed by atoms with E-state index in [-0.39, 0.29) is 11.8 Å². The number of piperidine rings is 1. The average Bonchev–Trinajstić information content (AvgIpc) is 2.45. The van der Waals surface area contributed by atoms with Gasteiger partial charge in [0.25, 0.3) is 0 Å². The second-order valence-electron chi connectivity index (χ2n) is 6.20. The number of nitrogens with zero attached hydrogens (tertiary/aromatic N) is 1. The summed E-state index contributed by atoms with van der Waals surface area (Å²) < 4.78 is 0. The van der Waals surface area contributed by atoms with E-state index in [9.17, 15) is 9.59 Å². The number of carbonyl (C=O) groups is 2. The minimum Gasteiger partial charge on any atom is -0.481 e. The van der Waals surface area contributed by atoms with Crippen molar-refractivity contribution in [2.75, 3.05) is 13.1 Å². The lowest BCUT2D eigenvalue weighted by Crippen LogP contribution is -2.48. The highest BCUT2D eigenvalue weighted by atomic mass is 16.4. The van der Waals surface area contributed by atoms with Crippen LogP contribution in [0.2, 0.25) is 0 Å². The van der Waals surface area contributed by atoms with Crippen molar-refractivity contribution in [3.63, 3.8) is 0 Å². The van der Waals surface area contributed by atoms with Crippen molar-refractivity contribution in [2.24, 2.45) is 5.92 Å². The van der Waals surface area contributed by atoms with E-state index in [1.807, 2.05) is 4.90 Å². The highest BCUT2D eigenvalue weighted by molar-refractivity contribution is 5.78. The zero-order valence-corrected chi connectivity index (χ0v) is 12.3. The topological polar surface area (TPSA) is 69.6 Å². The van der Waals surface area contributed by atoms with E-state index >= 15 is 0 Å². The molecule has 0 aromatic carbocycles. The highest BCUT2D eigenvalue weighted by Gasteiger charge is 2.27. The summed E-state index contributed by atoms with van der Waals surface area (Å²) in [5, 5.41) is 12.3. The van der Waals surface area contributed by atoms with Crippen LogP contribution in [0.4, 0.5) is 0 Å². The number of likely N-dealkylation sites (tertiary alicyclic amines) is 1. The molecule has 2 aliphatic rings. The number of nitrogens with one attached hydrogen (secondary N) is 1. The molecule has 1 aliphatic heterocycles. The van der Waals surface area contributed by atoms with Crippen molar-refractivity contribution in [3.8, 4) is 0 Å². The van der Waals surface area contributed by atoms with Crippen LogP contribution >= 0.6 is 0 Å². The SMILES string of the molecule is CC1CCCCN1C(=O)CNC1CCC(C(=O)O)CC1. The maximum Gasteiger partial charge on any atom is 0.306 e. The van der Waals surface area contributed by atoms with Crippen LogP contribution in [-0.4, -0.2) is 47.1 Å². The molecule has 1 atom stereocenters. The van der Waals surface area contributed by atoms with Crippen molar-refractivity contribution in [3.05, 3.63) is 0 Å². The molecule has 0 bridgehead atoms. The Kier molecular flexibility index (Phi) is 5.40. The Labute approximate surface area is 120 Å². The van der Waals surface area contributed by atoms with Gasteiger partial charge in [-0.25, -0.2) is 0 Å². The maximum atomic E-state index is 12.2. The summed E-state index contributed by atoms with van der Waals surface area (Å²) >= 11 is 0. The van der Waals surface area contributed by atoms with Gasteiger partial charge in [0, 0.05) is 18.6 Å². The van der Waals surface area contributed by atoms with Crippen LogP contribution < -0.4 is 5.32 Å². The Bertz CT molecular complexity index is 351. The Balaban J connectivity index is 1.70. The van der Waals surface area contributed by atoms with Gasteiger partial charge in [0.2, 0.25) is 5.91 Å². The summed E-state index contributed by atoms with van der Waals surface area (Å²) in [7, 11) is 0. The molecule has 0 aromatic rings. The minimum atomic E-state index is -0.679. The summed E-state index contributed by atoms with van der Waals surface area (Å²) in [6, 6.07) is 0.662. The Hall–Kier alpha value is -1.10. The van der Waals surface area contributed by atoms with Crippen LogP contribution in [0.5, 0.6) is 0 Å². The van der Waals surface area contributed by atoms with Gasteiger partial charge < -0.3 is 15.3 Å². The second kappa shape index (κ2) is 7.07. The van der Waals surface area contributed by atoms with Crippen LogP contribution in [0.15, 0.2) is 0 Å². The largest absolute Gasteiger partial charge is 0.481 e. The van der Waals surface area contributed by atoms with Gasteiger partial charge in [-0.3, -0.25) is 9.59 Å². The van der Waals surface area contributed by atoms with E-state index in [0.29, 0.717) is 18.6 Å². The van der Waals surface area contributed by atoms with Crippen LogP contribution in [0.3, 0.4) is 0 Å². The number of aliphatic carboxylic acids is 1. The summed E-state index contributed by atoms with van der Waals surface area (Å²) in [6.07, 6.45) is 6.61. The van der Waals surface area contributed by atoms with Gasteiger partial charge in [-0.05, 0) is 51.9 Å². The average molecular weight is 282 g/mol. The van der Waals surface area contributed by atoms with Crippen LogP contribution in [0.25, 0.3) is 0 Å². The molecular weight excluding hydrogens is 256 g/mol. The van der Waals surface area contributed by atoms with Crippen molar-refractivity contribution in [2.45, 2.75) is 64.0 Å². The minimum absolute atomic E-state index is 0.189. The van der Waals surface area contributed by atoms with Gasteiger partial charge in [-0.1, -0.05) is 0 Å². The molecule has 1 heterocycles. The fourth-order valence-corrected chi connectivity index (χ4v) is 3.35. The monoisotopic (exact) mass is 282 g/mol. The number of carbonyl (C=O) groups excluding carboxylic acids is 1. The first-order chi connectivity index (χ1) is 9.58. The third-order valence-corrected chi connectivity index (χ3v) is 4.74. The Morgan fingerprint density at radius 3 is 2.45 bits per heavy atom. The van der Waals surface area contributed by atoms with Crippen LogP contribution in [0.1, 0.15) is 51.9 Å². The molecule has 0 spiro atoms. The molecule has 5 heteroatoms. The predicted octanol–water partition coefficient (Wildman–Crippen LogP) is 1.62. The maximum absolute atomic E-state index is 12.2. The van der Waals surface area contributed by atoms with Gasteiger partial charge in [-0.2, -0.15) is 0 Å². The first kappa shape index (κ1) is 15.3. The number of carboxylic acid groups (broad SMARTS) is 1. The van der Waals surface area contributed by atoms with E-state index in [1.54, 1.807) is 0 Å². The van der Waals surface area contributed by atoms with E-state index in [4.69, 9.17) is 5.11 Å². The molecule has 0 aromatic heterocycles. The van der Waals surface area contributed by atoms with Crippen LogP contribution in [-0.2, 0) is 9.59 Å². The molecule has 2 N–H and O–H groups in total. The molecular formula is C15H26N2O3. The molecule has 1 saturated heterocycles. The summed E-state index contributed by atoms with van der Waals surface area (Å²) in [5.74, 6) is -0.676. The van der Waals surface area contributed by atoms with E-state index in [2.05, 4.69) is 12.2 Å². The normalized spacial score (nSPS) is 31.1. The summed E-state index contributed by atoms with van der Waals surface area (Å²) in [5.41, 5.74) is 0. The molecule has 0 radical (unpaired) electrons. The Morgan fingerprint density at radius 1 is 1.15 bits per heavy atom. The number of hydrogen-bond donors (Lipinski definition) is 2. The van der Waals surface area contributed by atoms with E-state index in [1.165, 1.54) is 6.42 Å². The van der Waals surface area contributed by atoms with Gasteiger partial charge in [0.05, 0.1) is 12.5 Å². The third-order valence-electron chi connectivity index (χ3n) is 4.74. The first-order valence-corrected chi connectivity index (χ1v) is 7.83. The van der Waals surface area contributed by atoms with Crippen molar-refractivity contribution >= 4 is 11.9 Å². The lowest BCUT2D eigenvalue weighted by Gasteiger charge is -2.34. The number of amides is 1. The molecule has 2 fully saturated rings. The molecule has 1 saturated carbocycles. The van der Waals surface area contributed by atoms with Crippen molar-refractivity contribution in [1.29, 1.82) is 0 Å². The van der Waals surface area contributed by atoms with Crippen LogP contribution in [0, 0.1) is 5.92 Å². The summed E-state index contributed by atoms with van der Waals surface area (Å²) in [6.45, 7) is 3.40. The molecule has 2 rings (SSSR count). The van der Waals surface area contributed by atoms with Gasteiger partial charge >= 0.3 is 5.97 Å². The molecule has 20 heavy (non-hydrogen) atoms. The highest BCUT2D eigenvalue weighted by Crippen LogP contribution is 2.24. The van der Waals surface area contributed by atoms with E-state index in [0.717, 1.165) is 45.1 Å². The quantitative estimate of drug-likeness (QED) is 0.822. The number of rotatable bonds is 4. The number of hydrogen-bond acceptors (Lipinski definition) is 3. The zero-order valence-electron chi connectivity index (χ0n) is 12.3. The molecule has 5 nitrogen and oxygen atoms in total. The molecule has 114 valence electrons. The fourth-order valence-electron chi connectivity index (χ4n) is 3.35. The third kappa shape index (κ3) is 3.95. The van der Waals surface area contributed by atoms with Gasteiger partial charge in [0.1, 0.15) is 0 Å². The van der Waals surface area contributed by atoms with Gasteiger partial charge in [0.15, 0.2) is 0 Å². The molecule has 1 aliphatic carbocycles. The van der Waals surface area contributed by atoms with E-state index < -0.39 is 5.97 Å².